The number of halogens is 1. The maximum absolute atomic E-state index is 7.86. The van der Waals surface area contributed by atoms with Gasteiger partial charge < -0.3 is 0 Å². The first-order valence-electron chi connectivity index (χ1n) is 4.78. The zero-order valence-corrected chi connectivity index (χ0v) is 11.8. The lowest BCUT2D eigenvalue weighted by molar-refractivity contribution is 0.545. The molecular formula is C12H16IN3. The molecule has 0 aliphatic heterocycles. The first-order valence-corrected chi connectivity index (χ1v) is 4.78. The molecule has 3 nitrogen and oxygen atoms in total. The molecule has 0 fully saturated rings. The predicted octanol–water partition coefficient (Wildman–Crippen LogP) is 3.12. The first kappa shape index (κ1) is 14.8. The molecule has 0 amide bonds. The number of hydrogen-bond acceptors (Lipinski definition) is 2. The van der Waals surface area contributed by atoms with Crippen LogP contribution in [0.15, 0.2) is 47.6 Å². The Morgan fingerprint density at radius 2 is 1.94 bits per heavy atom. The Morgan fingerprint density at radius 3 is 2.50 bits per heavy atom. The lowest BCUT2D eigenvalue weighted by Crippen LogP contribution is -2.21. The monoisotopic (exact) mass is 329 g/mol. The van der Waals surface area contributed by atoms with Crippen LogP contribution in [0.3, 0.4) is 0 Å². The van der Waals surface area contributed by atoms with Gasteiger partial charge in [0.2, 0.25) is 0 Å². The van der Waals surface area contributed by atoms with E-state index in [0.717, 1.165) is 5.56 Å². The van der Waals surface area contributed by atoms with Crippen molar-refractivity contribution in [2.45, 2.75) is 6.92 Å². The summed E-state index contributed by atoms with van der Waals surface area (Å²) < 4.78 is 0. The summed E-state index contributed by atoms with van der Waals surface area (Å²) in [5.41, 5.74) is 0.859. The number of amidine groups is 1. The van der Waals surface area contributed by atoms with Crippen LogP contribution < -0.4 is 0 Å². The van der Waals surface area contributed by atoms with Gasteiger partial charge in [0.15, 0.2) is 0 Å². The highest BCUT2D eigenvalue weighted by molar-refractivity contribution is 14.0. The minimum Gasteiger partial charge on any atom is -0.283 e. The van der Waals surface area contributed by atoms with Gasteiger partial charge in [-0.2, -0.15) is 5.10 Å². The Morgan fingerprint density at radius 1 is 1.31 bits per heavy atom. The summed E-state index contributed by atoms with van der Waals surface area (Å²) in [4.78, 5) is 0. The molecule has 0 aromatic heterocycles. The molecule has 0 aliphatic carbocycles. The van der Waals surface area contributed by atoms with Crippen LogP contribution in [0.25, 0.3) is 0 Å². The third kappa shape index (κ3) is 4.57. The number of allylic oxidation sites excluding steroid dienone is 2. The summed E-state index contributed by atoms with van der Waals surface area (Å²) in [5, 5.41) is 13.5. The van der Waals surface area contributed by atoms with E-state index in [4.69, 9.17) is 5.41 Å². The molecule has 0 aliphatic rings. The molecule has 0 heterocycles. The van der Waals surface area contributed by atoms with Gasteiger partial charge in [0, 0.05) is 18.8 Å². The quantitative estimate of drug-likeness (QED) is 0.394. The van der Waals surface area contributed by atoms with Crippen LogP contribution in [0.1, 0.15) is 12.5 Å². The minimum atomic E-state index is 0. The van der Waals surface area contributed by atoms with Crippen LogP contribution in [0, 0.1) is 5.41 Å². The van der Waals surface area contributed by atoms with Crippen LogP contribution >= 0.6 is 24.0 Å². The molecule has 1 rings (SSSR count). The molecule has 16 heavy (non-hydrogen) atoms. The first-order chi connectivity index (χ1) is 7.25. The second-order valence-corrected chi connectivity index (χ2v) is 3.03. The number of hydrazone groups is 1. The molecule has 0 bridgehead atoms. The number of hydrogen-bond donors (Lipinski definition) is 1. The third-order valence-electron chi connectivity index (χ3n) is 1.89. The summed E-state index contributed by atoms with van der Waals surface area (Å²) >= 11 is 0. The van der Waals surface area contributed by atoms with Crippen molar-refractivity contribution in [3.05, 3.63) is 48.0 Å². The van der Waals surface area contributed by atoms with Gasteiger partial charge >= 0.3 is 0 Å². The van der Waals surface area contributed by atoms with Crippen molar-refractivity contribution in [1.29, 1.82) is 5.41 Å². The topological polar surface area (TPSA) is 39.5 Å². The van der Waals surface area contributed by atoms with E-state index < -0.39 is 0 Å². The highest BCUT2D eigenvalue weighted by Crippen LogP contribution is 2.02. The standard InChI is InChI=1S/C12H15N3.HI/c1-3-4-10-14-15(2)12(13)11-8-6-5-7-9-11;/h3-10,13H,1-2H3;1H/b4-3+,13-12?,14-10+;. The number of nitrogens with one attached hydrogen (secondary N) is 1. The SMILES string of the molecule is C/C=C/C=N/N(C)C(=N)c1ccccc1.I. The average Bonchev–Trinajstić information content (AvgIpc) is 2.29. The predicted molar refractivity (Wildman–Crippen MR) is 79.8 cm³/mol. The van der Waals surface area contributed by atoms with E-state index in [-0.39, 0.29) is 24.0 Å². The fourth-order valence-electron chi connectivity index (χ4n) is 1.07. The van der Waals surface area contributed by atoms with Gasteiger partial charge in [0.05, 0.1) is 0 Å². The maximum Gasteiger partial charge on any atom is 0.148 e. The van der Waals surface area contributed by atoms with Crippen molar-refractivity contribution in [2.75, 3.05) is 7.05 Å². The summed E-state index contributed by atoms with van der Waals surface area (Å²) in [7, 11) is 1.76. The van der Waals surface area contributed by atoms with Gasteiger partial charge in [0.25, 0.3) is 0 Å². The van der Waals surface area contributed by atoms with E-state index in [1.165, 1.54) is 5.01 Å². The van der Waals surface area contributed by atoms with Crippen molar-refractivity contribution in [1.82, 2.24) is 5.01 Å². The number of rotatable bonds is 3. The molecule has 0 atom stereocenters. The molecule has 0 saturated heterocycles. The molecule has 0 saturated carbocycles. The van der Waals surface area contributed by atoms with E-state index >= 15 is 0 Å². The van der Waals surface area contributed by atoms with Crippen LogP contribution in [-0.2, 0) is 0 Å². The van der Waals surface area contributed by atoms with Gasteiger partial charge in [-0.3, -0.25) is 10.4 Å². The molecule has 0 unspecified atom stereocenters. The fourth-order valence-corrected chi connectivity index (χ4v) is 1.07. The molecule has 1 N–H and O–H groups in total. The summed E-state index contributed by atoms with van der Waals surface area (Å²) in [6.45, 7) is 1.93. The highest BCUT2D eigenvalue weighted by Gasteiger charge is 2.03. The van der Waals surface area contributed by atoms with E-state index in [9.17, 15) is 0 Å². The lowest BCUT2D eigenvalue weighted by atomic mass is 10.2. The van der Waals surface area contributed by atoms with Crippen molar-refractivity contribution < 1.29 is 0 Å². The zero-order chi connectivity index (χ0) is 11.1. The van der Waals surface area contributed by atoms with Crippen molar-refractivity contribution in [3.8, 4) is 0 Å². The van der Waals surface area contributed by atoms with E-state index in [2.05, 4.69) is 5.10 Å². The Hall–Kier alpha value is -1.17. The van der Waals surface area contributed by atoms with Crippen LogP contribution in [-0.4, -0.2) is 24.1 Å². The molecule has 0 radical (unpaired) electrons. The molecule has 1 aromatic rings. The third-order valence-corrected chi connectivity index (χ3v) is 1.89. The number of benzene rings is 1. The normalized spacial score (nSPS) is 10.4. The Bertz CT molecular complexity index is 371. The van der Waals surface area contributed by atoms with Gasteiger partial charge in [-0.15, -0.1) is 24.0 Å². The van der Waals surface area contributed by atoms with Gasteiger partial charge in [-0.05, 0) is 13.0 Å². The summed E-state index contributed by atoms with van der Waals surface area (Å²) in [5.74, 6) is 0.386. The fraction of sp³-hybridized carbons (Fsp3) is 0.167. The Labute approximate surface area is 113 Å². The second-order valence-electron chi connectivity index (χ2n) is 3.03. The number of nitrogens with zero attached hydrogens (tertiary/aromatic N) is 2. The summed E-state index contributed by atoms with van der Waals surface area (Å²) in [6.07, 6.45) is 5.38. The zero-order valence-electron chi connectivity index (χ0n) is 9.42. The largest absolute Gasteiger partial charge is 0.283 e. The highest BCUT2D eigenvalue weighted by atomic mass is 127. The lowest BCUT2D eigenvalue weighted by Gasteiger charge is -2.13. The second kappa shape index (κ2) is 8.04. The van der Waals surface area contributed by atoms with Gasteiger partial charge in [-0.1, -0.05) is 36.4 Å². The molecule has 0 spiro atoms. The molecule has 86 valence electrons. The average molecular weight is 329 g/mol. The summed E-state index contributed by atoms with van der Waals surface area (Å²) in [6, 6.07) is 9.54. The van der Waals surface area contributed by atoms with Crippen molar-refractivity contribution in [2.24, 2.45) is 5.10 Å². The van der Waals surface area contributed by atoms with E-state index in [0.29, 0.717) is 5.84 Å². The Balaban J connectivity index is 0.00000225. The van der Waals surface area contributed by atoms with Gasteiger partial charge in [0.1, 0.15) is 5.84 Å². The van der Waals surface area contributed by atoms with Crippen LogP contribution in [0.2, 0.25) is 0 Å². The minimum absolute atomic E-state index is 0. The smallest absolute Gasteiger partial charge is 0.148 e. The maximum atomic E-state index is 7.86. The van der Waals surface area contributed by atoms with Crippen LogP contribution in [0.5, 0.6) is 0 Å². The molecule has 4 heteroatoms. The van der Waals surface area contributed by atoms with Gasteiger partial charge in [-0.25, -0.2) is 0 Å². The Kier molecular flexibility index (Phi) is 7.45. The van der Waals surface area contributed by atoms with Crippen molar-refractivity contribution >= 4 is 36.0 Å². The molecule has 1 aromatic carbocycles. The van der Waals surface area contributed by atoms with Crippen molar-refractivity contribution in [3.63, 3.8) is 0 Å². The molecular weight excluding hydrogens is 313 g/mol. The van der Waals surface area contributed by atoms with Crippen LogP contribution in [0.4, 0.5) is 0 Å². The van der Waals surface area contributed by atoms with E-state index in [1.807, 2.05) is 49.4 Å². The van der Waals surface area contributed by atoms with E-state index in [1.54, 1.807) is 13.3 Å².